The quantitative estimate of drug-likeness (QED) is 0.271. The molecule has 0 spiro atoms. The molecule has 0 bridgehead atoms. The number of phenols is 4. The molecule has 4 rings (SSSR count). The number of hydrogen-bond acceptors (Lipinski definition) is 4. The summed E-state index contributed by atoms with van der Waals surface area (Å²) < 4.78 is 0. The molecule has 0 aromatic heterocycles. The maximum Gasteiger partial charge on any atom is 0.158 e. The van der Waals surface area contributed by atoms with E-state index in [0.29, 0.717) is 11.1 Å². The maximum absolute atomic E-state index is 10.2. The summed E-state index contributed by atoms with van der Waals surface area (Å²) in [6.45, 7) is 0. The largest absolute Gasteiger partial charge is 0.504 e. The minimum absolute atomic E-state index is 0.199. The molecule has 30 heavy (non-hydrogen) atoms. The molecule has 0 atom stereocenters. The Morgan fingerprint density at radius 1 is 0.367 bits per heavy atom. The Kier molecular flexibility index (Phi) is 5.14. The van der Waals surface area contributed by atoms with Gasteiger partial charge in [-0.15, -0.1) is 0 Å². The summed E-state index contributed by atoms with van der Waals surface area (Å²) in [6.07, 6.45) is 0. The molecule has 0 radical (unpaired) electrons. The van der Waals surface area contributed by atoms with E-state index in [9.17, 15) is 20.4 Å². The van der Waals surface area contributed by atoms with Gasteiger partial charge in [-0.25, -0.2) is 0 Å². The lowest BCUT2D eigenvalue weighted by molar-refractivity contribution is 0.403. The second kappa shape index (κ2) is 8.05. The zero-order valence-electron chi connectivity index (χ0n) is 16.0. The van der Waals surface area contributed by atoms with Crippen molar-refractivity contribution in [2.24, 2.45) is 0 Å². The average molecular weight is 396 g/mol. The Hall–Kier alpha value is -4.18. The second-order valence-electron chi connectivity index (χ2n) is 6.89. The highest BCUT2D eigenvalue weighted by atomic mass is 16.3. The first-order valence-electron chi connectivity index (χ1n) is 9.44. The van der Waals surface area contributed by atoms with Gasteiger partial charge in [0, 0.05) is 0 Å². The first-order valence-corrected chi connectivity index (χ1v) is 9.44. The van der Waals surface area contributed by atoms with Crippen LogP contribution >= 0.6 is 0 Å². The third-order valence-corrected chi connectivity index (χ3v) is 4.90. The monoisotopic (exact) mass is 396 g/mol. The fourth-order valence-corrected chi connectivity index (χ4v) is 3.48. The van der Waals surface area contributed by atoms with Gasteiger partial charge in [0.1, 0.15) is 0 Å². The minimum Gasteiger partial charge on any atom is -0.504 e. The number of phenolic OH excluding ortho intramolecular Hbond substituents is 4. The molecule has 0 fully saturated rings. The van der Waals surface area contributed by atoms with Crippen molar-refractivity contribution in [1.82, 2.24) is 0 Å². The predicted molar refractivity (Wildman–Crippen MR) is 117 cm³/mol. The van der Waals surface area contributed by atoms with Crippen molar-refractivity contribution in [1.29, 1.82) is 0 Å². The summed E-state index contributed by atoms with van der Waals surface area (Å²) >= 11 is 0. The van der Waals surface area contributed by atoms with Gasteiger partial charge in [-0.2, -0.15) is 0 Å². The van der Waals surface area contributed by atoms with Crippen molar-refractivity contribution in [3.05, 3.63) is 119 Å². The number of aromatic hydroxyl groups is 4. The van der Waals surface area contributed by atoms with Crippen molar-refractivity contribution in [3.8, 4) is 23.0 Å². The third-order valence-electron chi connectivity index (χ3n) is 4.90. The number of benzene rings is 4. The molecule has 4 N–H and O–H groups in total. The molecule has 0 heterocycles. The first-order chi connectivity index (χ1) is 14.5. The van der Waals surface area contributed by atoms with Crippen molar-refractivity contribution in [3.63, 3.8) is 0 Å². The molecule has 4 aromatic rings. The van der Waals surface area contributed by atoms with Crippen molar-refractivity contribution in [2.75, 3.05) is 0 Å². The summed E-state index contributed by atoms with van der Waals surface area (Å²) in [5, 5.41) is 39.9. The van der Waals surface area contributed by atoms with E-state index in [1.165, 1.54) is 24.3 Å². The molecule has 148 valence electrons. The third kappa shape index (κ3) is 3.71. The zero-order chi connectivity index (χ0) is 21.1. The molecular formula is C26H20O4. The molecule has 0 unspecified atom stereocenters. The summed E-state index contributed by atoms with van der Waals surface area (Å²) in [7, 11) is 0. The molecule has 0 aliphatic carbocycles. The Morgan fingerprint density at radius 3 is 1.07 bits per heavy atom. The van der Waals surface area contributed by atoms with E-state index in [4.69, 9.17) is 0 Å². The highest BCUT2D eigenvalue weighted by molar-refractivity contribution is 6.05. The lowest BCUT2D eigenvalue weighted by Crippen LogP contribution is -1.97. The molecule has 0 amide bonds. The van der Waals surface area contributed by atoms with Crippen molar-refractivity contribution >= 4 is 11.1 Å². The van der Waals surface area contributed by atoms with E-state index < -0.39 is 0 Å². The van der Waals surface area contributed by atoms with Crippen LogP contribution in [0.4, 0.5) is 0 Å². The molecule has 0 aliphatic rings. The topological polar surface area (TPSA) is 80.9 Å². The summed E-state index contributed by atoms with van der Waals surface area (Å²) in [5.41, 5.74) is 4.80. The van der Waals surface area contributed by atoms with Gasteiger partial charge in [0.2, 0.25) is 0 Å². The number of hydrogen-bond donors (Lipinski definition) is 4. The van der Waals surface area contributed by atoms with E-state index in [1.807, 2.05) is 60.7 Å². The minimum atomic E-state index is -0.220. The van der Waals surface area contributed by atoms with Crippen molar-refractivity contribution in [2.45, 2.75) is 0 Å². The van der Waals surface area contributed by atoms with Crippen LogP contribution in [0.1, 0.15) is 22.3 Å². The fourth-order valence-electron chi connectivity index (χ4n) is 3.48. The smallest absolute Gasteiger partial charge is 0.158 e. The van der Waals surface area contributed by atoms with Crippen LogP contribution in [0, 0.1) is 0 Å². The van der Waals surface area contributed by atoms with E-state index in [0.717, 1.165) is 22.3 Å². The van der Waals surface area contributed by atoms with Crippen LogP contribution in [0.3, 0.4) is 0 Å². The maximum atomic E-state index is 10.2. The van der Waals surface area contributed by atoms with Crippen LogP contribution in [0.2, 0.25) is 0 Å². The molecule has 4 nitrogen and oxygen atoms in total. The van der Waals surface area contributed by atoms with E-state index >= 15 is 0 Å². The molecule has 4 aromatic carbocycles. The molecule has 4 heteroatoms. The van der Waals surface area contributed by atoms with E-state index in [2.05, 4.69) is 0 Å². The SMILES string of the molecule is Oc1ccc(/C(=C(\c2ccccc2)c2ccc(O)c(O)c2)c2ccccc2)cc1O. The Morgan fingerprint density at radius 2 is 0.733 bits per heavy atom. The average Bonchev–Trinajstić information content (AvgIpc) is 2.77. The molecule has 0 saturated carbocycles. The first kappa shape index (κ1) is 19.2. The van der Waals surface area contributed by atoms with Crippen LogP contribution in [-0.4, -0.2) is 20.4 Å². The second-order valence-corrected chi connectivity index (χ2v) is 6.89. The van der Waals surface area contributed by atoms with Crippen LogP contribution in [-0.2, 0) is 0 Å². The number of rotatable bonds is 4. The lowest BCUT2D eigenvalue weighted by Gasteiger charge is -2.18. The van der Waals surface area contributed by atoms with E-state index in [1.54, 1.807) is 12.1 Å². The Balaban J connectivity index is 2.12. The molecule has 0 saturated heterocycles. The predicted octanol–water partition coefficient (Wildman–Crippen LogP) is 5.52. The van der Waals surface area contributed by atoms with Gasteiger partial charge in [-0.05, 0) is 57.7 Å². The fraction of sp³-hybridized carbons (Fsp3) is 0. The standard InChI is InChI=1S/C26H20O4/c27-21-13-11-19(15-23(21)29)25(17-7-3-1-4-8-17)26(18-9-5-2-6-10-18)20-12-14-22(28)24(30)16-20/h1-16,27-30H/b26-25+. The summed E-state index contributed by atoms with van der Waals surface area (Å²) in [6, 6.07) is 28.8. The van der Waals surface area contributed by atoms with E-state index in [-0.39, 0.29) is 23.0 Å². The van der Waals surface area contributed by atoms with Gasteiger partial charge in [0.25, 0.3) is 0 Å². The van der Waals surface area contributed by atoms with Gasteiger partial charge in [0.05, 0.1) is 0 Å². The molecule has 0 aliphatic heterocycles. The van der Waals surface area contributed by atoms with Crippen LogP contribution in [0.5, 0.6) is 23.0 Å². The van der Waals surface area contributed by atoms with Crippen molar-refractivity contribution < 1.29 is 20.4 Å². The van der Waals surface area contributed by atoms with Crippen LogP contribution in [0.15, 0.2) is 97.1 Å². The van der Waals surface area contributed by atoms with Gasteiger partial charge < -0.3 is 20.4 Å². The Bertz CT molecular complexity index is 1120. The zero-order valence-corrected chi connectivity index (χ0v) is 16.0. The lowest BCUT2D eigenvalue weighted by atomic mass is 9.85. The van der Waals surface area contributed by atoms with Gasteiger partial charge in [-0.1, -0.05) is 72.8 Å². The summed E-state index contributed by atoms with van der Waals surface area (Å²) in [5.74, 6) is -0.840. The summed E-state index contributed by atoms with van der Waals surface area (Å²) in [4.78, 5) is 0. The van der Waals surface area contributed by atoms with Crippen LogP contribution in [0.25, 0.3) is 11.1 Å². The Labute approximate surface area is 174 Å². The highest BCUT2D eigenvalue weighted by Crippen LogP contribution is 2.40. The van der Waals surface area contributed by atoms with Gasteiger partial charge >= 0.3 is 0 Å². The normalized spacial score (nSPS) is 11.7. The highest BCUT2D eigenvalue weighted by Gasteiger charge is 2.18. The van der Waals surface area contributed by atoms with Gasteiger partial charge in [0.15, 0.2) is 23.0 Å². The molecular weight excluding hydrogens is 376 g/mol. The van der Waals surface area contributed by atoms with Crippen LogP contribution < -0.4 is 0 Å². The van der Waals surface area contributed by atoms with Gasteiger partial charge in [-0.3, -0.25) is 0 Å².